The summed E-state index contributed by atoms with van der Waals surface area (Å²) in [4.78, 5) is 36.7. The lowest BCUT2D eigenvalue weighted by atomic mass is 9.92. The summed E-state index contributed by atoms with van der Waals surface area (Å²) in [5.41, 5.74) is 3.50. The molecule has 186 valence electrons. The maximum atomic E-state index is 12.6. The van der Waals surface area contributed by atoms with E-state index in [2.05, 4.69) is 34.9 Å². The van der Waals surface area contributed by atoms with Gasteiger partial charge in [0.2, 0.25) is 5.91 Å². The van der Waals surface area contributed by atoms with Gasteiger partial charge in [-0.05, 0) is 60.3 Å². The van der Waals surface area contributed by atoms with Gasteiger partial charge in [0.1, 0.15) is 12.1 Å². The van der Waals surface area contributed by atoms with Gasteiger partial charge in [0.15, 0.2) is 0 Å². The minimum Gasteiger partial charge on any atom is -0.480 e. The zero-order valence-corrected chi connectivity index (χ0v) is 20.4. The highest BCUT2D eigenvalue weighted by Crippen LogP contribution is 2.44. The average Bonchev–Trinajstić information content (AvgIpc) is 3.42. The number of carboxylic acids is 1. The van der Waals surface area contributed by atoms with Gasteiger partial charge < -0.3 is 20.5 Å². The second kappa shape index (κ2) is 10.5. The number of benzene rings is 2. The number of amides is 2. The van der Waals surface area contributed by atoms with Gasteiger partial charge in [0.25, 0.3) is 0 Å². The maximum absolute atomic E-state index is 12.6. The van der Waals surface area contributed by atoms with Crippen molar-refractivity contribution in [1.29, 1.82) is 0 Å². The van der Waals surface area contributed by atoms with Gasteiger partial charge in [0.05, 0.1) is 0 Å². The van der Waals surface area contributed by atoms with Gasteiger partial charge in [-0.2, -0.15) is 0 Å². The molecule has 35 heavy (non-hydrogen) atoms. The fourth-order valence-corrected chi connectivity index (χ4v) is 5.56. The Hall–Kier alpha value is -3.35. The summed E-state index contributed by atoms with van der Waals surface area (Å²) in [5.74, 6) is -1.13. The summed E-state index contributed by atoms with van der Waals surface area (Å²) in [7, 11) is 0. The first-order valence-electron chi connectivity index (χ1n) is 12.5. The standard InChI is InChI=1S/C28H34N2O5/c1-3-28(4-2,26(32)33)30-25(31)16-18-13-14-19(15-18)29-27(34)35-17-24-22-11-7-5-9-20(22)21-10-6-8-12-23(21)24/h5-12,18-19,24H,3-4,13-17H2,1-2H3,(H,29,34)(H,30,31)(H,32,33). The molecule has 2 atom stereocenters. The Balaban J connectivity index is 1.27. The molecule has 3 N–H and O–H groups in total. The molecule has 2 aromatic rings. The molecular weight excluding hydrogens is 444 g/mol. The van der Waals surface area contributed by atoms with E-state index < -0.39 is 17.6 Å². The van der Waals surface area contributed by atoms with Crippen LogP contribution in [0.15, 0.2) is 48.5 Å². The molecule has 0 radical (unpaired) electrons. The summed E-state index contributed by atoms with van der Waals surface area (Å²) >= 11 is 0. The van der Waals surface area contributed by atoms with Gasteiger partial charge in [-0.1, -0.05) is 62.4 Å². The van der Waals surface area contributed by atoms with E-state index >= 15 is 0 Å². The normalized spacial score (nSPS) is 19.0. The van der Waals surface area contributed by atoms with Crippen molar-refractivity contribution in [3.05, 3.63) is 59.7 Å². The number of carboxylic acid groups (broad SMARTS) is 1. The smallest absolute Gasteiger partial charge is 0.407 e. The Kier molecular flexibility index (Phi) is 7.43. The lowest BCUT2D eigenvalue weighted by Crippen LogP contribution is -2.54. The van der Waals surface area contributed by atoms with Crippen molar-refractivity contribution >= 4 is 18.0 Å². The Labute approximate surface area is 206 Å². The highest BCUT2D eigenvalue weighted by molar-refractivity contribution is 5.87. The van der Waals surface area contributed by atoms with Crippen molar-refractivity contribution in [2.45, 2.75) is 69.9 Å². The molecule has 0 heterocycles. The van der Waals surface area contributed by atoms with Crippen LogP contribution >= 0.6 is 0 Å². The van der Waals surface area contributed by atoms with Crippen LogP contribution in [-0.2, 0) is 14.3 Å². The van der Waals surface area contributed by atoms with Crippen molar-refractivity contribution in [2.24, 2.45) is 5.92 Å². The Morgan fingerprint density at radius 1 is 0.971 bits per heavy atom. The number of nitrogens with one attached hydrogen (secondary N) is 2. The molecule has 2 aromatic carbocycles. The van der Waals surface area contributed by atoms with Crippen molar-refractivity contribution in [3.8, 4) is 11.1 Å². The summed E-state index contributed by atoms with van der Waals surface area (Å²) < 4.78 is 5.64. The highest BCUT2D eigenvalue weighted by atomic mass is 16.5. The molecule has 0 bridgehead atoms. The Morgan fingerprint density at radius 2 is 1.57 bits per heavy atom. The monoisotopic (exact) mass is 478 g/mol. The summed E-state index contributed by atoms with van der Waals surface area (Å²) in [6.45, 7) is 3.80. The minimum absolute atomic E-state index is 0.0137. The third-order valence-electron chi connectivity index (χ3n) is 7.68. The Bertz CT molecular complexity index is 1050. The lowest BCUT2D eigenvalue weighted by Gasteiger charge is -2.28. The molecule has 1 fully saturated rings. The summed E-state index contributed by atoms with van der Waals surface area (Å²) in [6.07, 6.45) is 2.74. The van der Waals surface area contributed by atoms with Crippen LogP contribution in [0.5, 0.6) is 0 Å². The molecule has 0 aromatic heterocycles. The predicted octanol–water partition coefficient (Wildman–Crippen LogP) is 4.84. The van der Waals surface area contributed by atoms with E-state index in [-0.39, 0.29) is 36.8 Å². The van der Waals surface area contributed by atoms with Crippen LogP contribution in [0.1, 0.15) is 69.4 Å². The van der Waals surface area contributed by atoms with Crippen LogP contribution in [0.4, 0.5) is 4.79 Å². The van der Waals surface area contributed by atoms with E-state index in [4.69, 9.17) is 4.74 Å². The number of carbonyl (C=O) groups excluding carboxylic acids is 2. The lowest BCUT2D eigenvalue weighted by molar-refractivity contribution is -0.148. The van der Waals surface area contributed by atoms with Gasteiger partial charge in [-0.25, -0.2) is 9.59 Å². The Morgan fingerprint density at radius 3 is 2.14 bits per heavy atom. The van der Waals surface area contributed by atoms with Crippen LogP contribution in [0, 0.1) is 5.92 Å². The third-order valence-corrected chi connectivity index (χ3v) is 7.68. The first kappa shape index (κ1) is 24.8. The number of ether oxygens (including phenoxy) is 1. The van der Waals surface area contributed by atoms with Crippen molar-refractivity contribution < 1.29 is 24.2 Å². The second-order valence-electron chi connectivity index (χ2n) is 9.69. The average molecular weight is 479 g/mol. The van der Waals surface area contributed by atoms with E-state index in [1.54, 1.807) is 13.8 Å². The number of rotatable bonds is 9. The van der Waals surface area contributed by atoms with Crippen molar-refractivity contribution in [3.63, 3.8) is 0 Å². The van der Waals surface area contributed by atoms with Crippen LogP contribution in [0.3, 0.4) is 0 Å². The number of hydrogen-bond donors (Lipinski definition) is 3. The summed E-state index contributed by atoms with van der Waals surface area (Å²) in [5, 5.41) is 15.2. The fourth-order valence-electron chi connectivity index (χ4n) is 5.56. The molecule has 7 nitrogen and oxygen atoms in total. The first-order chi connectivity index (χ1) is 16.9. The number of carbonyl (C=O) groups is 3. The predicted molar refractivity (Wildman–Crippen MR) is 133 cm³/mol. The zero-order chi connectivity index (χ0) is 25.0. The molecule has 0 aliphatic heterocycles. The number of hydrogen-bond acceptors (Lipinski definition) is 4. The van der Waals surface area contributed by atoms with Gasteiger partial charge in [0, 0.05) is 18.4 Å². The first-order valence-corrected chi connectivity index (χ1v) is 12.5. The van der Waals surface area contributed by atoms with E-state index in [1.807, 2.05) is 24.3 Å². The minimum atomic E-state index is -1.21. The number of fused-ring (bicyclic) bond motifs is 3. The fraction of sp³-hybridized carbons (Fsp3) is 0.464. The molecule has 7 heteroatoms. The quantitative estimate of drug-likeness (QED) is 0.478. The molecule has 2 aliphatic rings. The van der Waals surface area contributed by atoms with Crippen LogP contribution < -0.4 is 10.6 Å². The number of alkyl carbamates (subject to hydrolysis) is 1. The van der Waals surface area contributed by atoms with E-state index in [0.29, 0.717) is 19.3 Å². The molecule has 2 amide bonds. The van der Waals surface area contributed by atoms with Gasteiger partial charge in [-0.3, -0.25) is 4.79 Å². The van der Waals surface area contributed by atoms with Crippen molar-refractivity contribution in [1.82, 2.24) is 10.6 Å². The highest BCUT2D eigenvalue weighted by Gasteiger charge is 2.37. The van der Waals surface area contributed by atoms with Crippen LogP contribution in [0.2, 0.25) is 0 Å². The maximum Gasteiger partial charge on any atom is 0.407 e. The van der Waals surface area contributed by atoms with Gasteiger partial charge >= 0.3 is 12.1 Å². The van der Waals surface area contributed by atoms with E-state index in [1.165, 1.54) is 22.3 Å². The van der Waals surface area contributed by atoms with Crippen molar-refractivity contribution in [2.75, 3.05) is 6.61 Å². The SMILES string of the molecule is CCC(CC)(NC(=O)CC1CCC(NC(=O)OCC2c3ccccc3-c3ccccc32)C1)C(=O)O. The summed E-state index contributed by atoms with van der Waals surface area (Å²) in [6, 6.07) is 16.4. The molecule has 1 saturated carbocycles. The molecule has 2 aliphatic carbocycles. The van der Waals surface area contributed by atoms with Gasteiger partial charge in [-0.15, -0.1) is 0 Å². The zero-order valence-electron chi connectivity index (χ0n) is 20.4. The number of aliphatic carboxylic acids is 1. The molecule has 4 rings (SSSR count). The van der Waals surface area contributed by atoms with E-state index in [0.717, 1.165) is 12.8 Å². The molecular formula is C28H34N2O5. The van der Waals surface area contributed by atoms with Crippen LogP contribution in [0.25, 0.3) is 11.1 Å². The topological polar surface area (TPSA) is 105 Å². The largest absolute Gasteiger partial charge is 0.480 e. The van der Waals surface area contributed by atoms with Crippen LogP contribution in [-0.4, -0.2) is 41.3 Å². The molecule has 2 unspecified atom stereocenters. The molecule has 0 spiro atoms. The third kappa shape index (κ3) is 5.19. The van der Waals surface area contributed by atoms with E-state index in [9.17, 15) is 19.5 Å². The molecule has 0 saturated heterocycles. The second-order valence-corrected chi connectivity index (χ2v) is 9.69.